The largest absolute Gasteiger partial charge is 0.478 e. The van der Waals surface area contributed by atoms with Crippen LogP contribution in [-0.4, -0.2) is 47.8 Å². The Morgan fingerprint density at radius 1 is 1.31 bits per heavy atom. The minimum absolute atomic E-state index is 0.153. The van der Waals surface area contributed by atoms with E-state index in [0.717, 1.165) is 0 Å². The maximum absolute atomic E-state index is 13.4. The summed E-state index contributed by atoms with van der Waals surface area (Å²) in [4.78, 5) is 29.0. The summed E-state index contributed by atoms with van der Waals surface area (Å²) in [5, 5.41) is 15.2. The van der Waals surface area contributed by atoms with Gasteiger partial charge in [-0.2, -0.15) is 0 Å². The van der Waals surface area contributed by atoms with Crippen molar-refractivity contribution in [3.63, 3.8) is 0 Å². The summed E-state index contributed by atoms with van der Waals surface area (Å²) in [6.45, 7) is 2.79. The van der Waals surface area contributed by atoms with E-state index in [4.69, 9.17) is 9.47 Å². The van der Waals surface area contributed by atoms with Gasteiger partial charge in [-0.05, 0) is 37.1 Å². The summed E-state index contributed by atoms with van der Waals surface area (Å²) in [5.41, 5.74) is -2.90. The summed E-state index contributed by atoms with van der Waals surface area (Å²) in [5.74, 6) is -2.04. The zero-order valence-corrected chi connectivity index (χ0v) is 16.1. The third kappa shape index (κ3) is 3.33. The number of carbonyl (C=O) groups is 2. The van der Waals surface area contributed by atoms with Gasteiger partial charge in [-0.15, -0.1) is 0 Å². The molecule has 2 heterocycles. The molecule has 156 valence electrons. The molecular weight excluding hydrogens is 388 g/mol. The van der Waals surface area contributed by atoms with Gasteiger partial charge in [-0.1, -0.05) is 13.8 Å². The Bertz CT molecular complexity index is 917. The molecule has 1 aromatic rings. The van der Waals surface area contributed by atoms with Gasteiger partial charge < -0.3 is 25.2 Å². The molecule has 2 aliphatic heterocycles. The van der Waals surface area contributed by atoms with E-state index in [9.17, 15) is 23.5 Å². The molecule has 1 amide bonds. The highest BCUT2D eigenvalue weighted by Crippen LogP contribution is 2.39. The summed E-state index contributed by atoms with van der Waals surface area (Å²) in [6, 6.07) is 4.39. The van der Waals surface area contributed by atoms with Gasteiger partial charge in [-0.3, -0.25) is 9.79 Å². The van der Waals surface area contributed by atoms with E-state index in [0.29, 0.717) is 11.3 Å². The SMILES string of the molecule is CC(C)C1(C)N=C(C2(OCF)Nc3ccc(OCF)cc3C=C2C(=O)O)NC1=O. The fourth-order valence-corrected chi connectivity index (χ4v) is 3.21. The maximum Gasteiger partial charge on any atom is 0.337 e. The molecule has 0 bridgehead atoms. The number of amides is 1. The number of anilines is 1. The first-order valence-corrected chi connectivity index (χ1v) is 8.86. The van der Waals surface area contributed by atoms with Crippen molar-refractivity contribution in [2.45, 2.75) is 32.0 Å². The standard InChI is InChI=1S/C19H21F2N3O5/c1-10(2)18(3)17(27)22-16(24-18)19(29-9-21)13(15(25)26)7-11-6-12(28-8-20)4-5-14(11)23-19/h4-7,10,23H,8-9H2,1-3H3,(H,25,26)(H,22,24,27). The zero-order valence-electron chi connectivity index (χ0n) is 16.1. The monoisotopic (exact) mass is 409 g/mol. The molecule has 10 heteroatoms. The number of hydrogen-bond donors (Lipinski definition) is 3. The fraction of sp³-hybridized carbons (Fsp3) is 0.421. The number of carboxylic acid groups (broad SMARTS) is 1. The number of ether oxygens (including phenoxy) is 2. The molecule has 0 fully saturated rings. The number of fused-ring (bicyclic) bond motifs is 1. The van der Waals surface area contributed by atoms with Crippen LogP contribution in [0.3, 0.4) is 0 Å². The molecule has 0 saturated carbocycles. The molecule has 0 aliphatic carbocycles. The summed E-state index contributed by atoms with van der Waals surface area (Å²) in [6.07, 6.45) is 1.24. The molecule has 2 aliphatic rings. The van der Waals surface area contributed by atoms with Crippen molar-refractivity contribution in [1.29, 1.82) is 0 Å². The predicted octanol–water partition coefficient (Wildman–Crippen LogP) is 2.47. The van der Waals surface area contributed by atoms with Gasteiger partial charge in [0, 0.05) is 11.3 Å². The molecule has 3 rings (SSSR count). The number of benzene rings is 1. The van der Waals surface area contributed by atoms with E-state index in [1.54, 1.807) is 20.8 Å². The number of carboxylic acids is 1. The lowest BCUT2D eigenvalue weighted by molar-refractivity contribution is -0.135. The highest BCUT2D eigenvalue weighted by atomic mass is 19.1. The van der Waals surface area contributed by atoms with Crippen molar-refractivity contribution in [1.82, 2.24) is 5.32 Å². The van der Waals surface area contributed by atoms with E-state index < -0.39 is 42.4 Å². The van der Waals surface area contributed by atoms with Crippen LogP contribution in [0.25, 0.3) is 6.08 Å². The van der Waals surface area contributed by atoms with Gasteiger partial charge in [0.15, 0.2) is 12.7 Å². The Balaban J connectivity index is 2.17. The molecular formula is C19H21F2N3O5. The Kier molecular flexibility index (Phi) is 5.31. The number of carbonyl (C=O) groups excluding carboxylic acids is 1. The van der Waals surface area contributed by atoms with Crippen molar-refractivity contribution in [2.75, 3.05) is 19.0 Å². The quantitative estimate of drug-likeness (QED) is 0.638. The summed E-state index contributed by atoms with van der Waals surface area (Å²) < 4.78 is 35.9. The first kappa shape index (κ1) is 20.7. The third-order valence-corrected chi connectivity index (χ3v) is 5.23. The lowest BCUT2D eigenvalue weighted by Crippen LogP contribution is -2.58. The van der Waals surface area contributed by atoms with Gasteiger partial charge in [0.2, 0.25) is 12.6 Å². The minimum atomic E-state index is -2.06. The van der Waals surface area contributed by atoms with Crippen LogP contribution in [0, 0.1) is 5.92 Å². The Morgan fingerprint density at radius 3 is 2.59 bits per heavy atom. The number of nitrogens with one attached hydrogen (secondary N) is 2. The van der Waals surface area contributed by atoms with Crippen molar-refractivity contribution in [3.05, 3.63) is 29.3 Å². The lowest BCUT2D eigenvalue weighted by atomic mass is 9.89. The Hall–Kier alpha value is -3.01. The fourth-order valence-electron chi connectivity index (χ4n) is 3.21. The highest BCUT2D eigenvalue weighted by Gasteiger charge is 2.54. The van der Waals surface area contributed by atoms with Crippen LogP contribution >= 0.6 is 0 Å². The van der Waals surface area contributed by atoms with Gasteiger partial charge in [0.05, 0.1) is 5.57 Å². The number of hydrogen-bond acceptors (Lipinski definition) is 6. The minimum Gasteiger partial charge on any atom is -0.478 e. The molecule has 2 unspecified atom stereocenters. The molecule has 0 spiro atoms. The smallest absolute Gasteiger partial charge is 0.337 e. The molecule has 0 aromatic heterocycles. The second-order valence-electron chi connectivity index (χ2n) is 7.14. The number of amidine groups is 1. The topological polar surface area (TPSA) is 109 Å². The van der Waals surface area contributed by atoms with Crippen LogP contribution in [0.15, 0.2) is 28.8 Å². The van der Waals surface area contributed by atoms with Crippen LogP contribution in [0.5, 0.6) is 5.75 Å². The van der Waals surface area contributed by atoms with E-state index in [-0.39, 0.29) is 17.5 Å². The van der Waals surface area contributed by atoms with E-state index in [2.05, 4.69) is 15.6 Å². The number of alkyl halides is 2. The van der Waals surface area contributed by atoms with Crippen molar-refractivity contribution >= 4 is 29.5 Å². The van der Waals surface area contributed by atoms with Crippen LogP contribution < -0.4 is 15.4 Å². The van der Waals surface area contributed by atoms with Crippen LogP contribution in [0.2, 0.25) is 0 Å². The molecule has 3 N–H and O–H groups in total. The van der Waals surface area contributed by atoms with Crippen molar-refractivity contribution in [3.8, 4) is 5.75 Å². The molecule has 0 saturated heterocycles. The van der Waals surface area contributed by atoms with E-state index >= 15 is 0 Å². The molecule has 2 atom stereocenters. The van der Waals surface area contributed by atoms with Gasteiger partial charge in [0.25, 0.3) is 5.91 Å². The first-order valence-electron chi connectivity index (χ1n) is 8.86. The number of rotatable bonds is 7. The normalized spacial score (nSPS) is 25.7. The van der Waals surface area contributed by atoms with Gasteiger partial charge >= 0.3 is 5.97 Å². The van der Waals surface area contributed by atoms with Crippen LogP contribution in [0.4, 0.5) is 14.5 Å². The van der Waals surface area contributed by atoms with Crippen molar-refractivity contribution < 1.29 is 33.0 Å². The van der Waals surface area contributed by atoms with E-state index in [1.165, 1.54) is 24.3 Å². The van der Waals surface area contributed by atoms with Gasteiger partial charge in [-0.25, -0.2) is 13.6 Å². The summed E-state index contributed by atoms with van der Waals surface area (Å²) in [7, 11) is 0. The first-order chi connectivity index (χ1) is 13.7. The second kappa shape index (κ2) is 7.43. The van der Waals surface area contributed by atoms with Crippen LogP contribution in [0.1, 0.15) is 26.3 Å². The lowest BCUT2D eigenvalue weighted by Gasteiger charge is -2.37. The predicted molar refractivity (Wildman–Crippen MR) is 101 cm³/mol. The molecule has 8 nitrogen and oxygen atoms in total. The van der Waals surface area contributed by atoms with Crippen molar-refractivity contribution in [2.24, 2.45) is 10.9 Å². The molecule has 1 aromatic carbocycles. The maximum atomic E-state index is 13.4. The number of aliphatic imine (C=N–C) groups is 1. The third-order valence-electron chi connectivity index (χ3n) is 5.23. The number of aliphatic carboxylic acids is 1. The van der Waals surface area contributed by atoms with Crippen LogP contribution in [-0.2, 0) is 14.3 Å². The van der Waals surface area contributed by atoms with Gasteiger partial charge in [0.1, 0.15) is 11.3 Å². The molecule has 29 heavy (non-hydrogen) atoms. The molecule has 0 radical (unpaired) electrons. The second-order valence-corrected chi connectivity index (χ2v) is 7.14. The number of halogens is 2. The zero-order chi connectivity index (χ0) is 21.4. The Labute approximate surface area is 165 Å². The average molecular weight is 409 g/mol. The Morgan fingerprint density at radius 2 is 2.03 bits per heavy atom. The number of nitrogens with zero attached hydrogens (tertiary/aromatic N) is 1. The van der Waals surface area contributed by atoms with E-state index in [1.807, 2.05) is 0 Å². The summed E-state index contributed by atoms with van der Waals surface area (Å²) >= 11 is 0. The average Bonchev–Trinajstić information content (AvgIpc) is 2.98. The highest BCUT2D eigenvalue weighted by molar-refractivity contribution is 6.18.